The molecule has 0 bridgehead atoms. The van der Waals surface area contributed by atoms with Gasteiger partial charge in [0, 0.05) is 18.9 Å². The molecule has 2 aliphatic rings. The molecular weight excluding hydrogens is 286 g/mol. The van der Waals surface area contributed by atoms with Crippen LogP contribution < -0.4 is 5.32 Å². The summed E-state index contributed by atoms with van der Waals surface area (Å²) in [5.74, 6) is 0.367. The molecule has 0 aromatic rings. The maximum absolute atomic E-state index is 12.2. The molecule has 124 valence electrons. The van der Waals surface area contributed by atoms with Crippen LogP contribution >= 0.6 is 0 Å². The Balaban J connectivity index is 2.18. The van der Waals surface area contributed by atoms with Gasteiger partial charge in [0.2, 0.25) is 0 Å². The summed E-state index contributed by atoms with van der Waals surface area (Å²) < 4.78 is 29.8. The molecule has 1 heterocycles. The molecule has 1 aliphatic heterocycles. The molecule has 0 radical (unpaired) electrons. The zero-order chi connectivity index (χ0) is 15.7. The minimum Gasteiger partial charge on any atom is -0.375 e. The molecule has 2 atom stereocenters. The van der Waals surface area contributed by atoms with Crippen LogP contribution in [0.3, 0.4) is 0 Å². The van der Waals surface area contributed by atoms with Crippen LogP contribution in [0.25, 0.3) is 0 Å². The van der Waals surface area contributed by atoms with Crippen molar-refractivity contribution in [3.05, 3.63) is 0 Å². The van der Waals surface area contributed by atoms with E-state index in [-0.39, 0.29) is 11.6 Å². The van der Waals surface area contributed by atoms with Gasteiger partial charge in [-0.3, -0.25) is 0 Å². The number of ether oxygens (including phenoxy) is 1. The molecule has 1 N–H and O–H groups in total. The first-order chi connectivity index (χ1) is 9.72. The monoisotopic (exact) mass is 317 g/mol. The van der Waals surface area contributed by atoms with Crippen LogP contribution in [0.5, 0.6) is 0 Å². The highest BCUT2D eigenvalue weighted by atomic mass is 32.2. The van der Waals surface area contributed by atoms with Crippen molar-refractivity contribution in [2.45, 2.75) is 75.2 Å². The van der Waals surface area contributed by atoms with Crippen LogP contribution in [0.15, 0.2) is 0 Å². The van der Waals surface area contributed by atoms with Crippen molar-refractivity contribution in [1.82, 2.24) is 5.32 Å². The van der Waals surface area contributed by atoms with Gasteiger partial charge in [0.05, 0.1) is 10.3 Å². The normalized spacial score (nSPS) is 28.5. The summed E-state index contributed by atoms with van der Waals surface area (Å²) in [5, 5.41) is 3.31. The summed E-state index contributed by atoms with van der Waals surface area (Å²) in [5.41, 5.74) is 0.0177. The van der Waals surface area contributed by atoms with Crippen molar-refractivity contribution in [3.63, 3.8) is 0 Å². The number of nitrogens with one attached hydrogen (secondary N) is 1. The van der Waals surface area contributed by atoms with E-state index in [9.17, 15) is 8.42 Å². The maximum Gasteiger partial charge on any atom is 0.154 e. The third-order valence-corrected chi connectivity index (χ3v) is 7.95. The third kappa shape index (κ3) is 3.45. The molecule has 1 spiro atoms. The van der Waals surface area contributed by atoms with Gasteiger partial charge in [-0.25, -0.2) is 8.42 Å². The van der Waals surface area contributed by atoms with E-state index in [0.717, 1.165) is 32.3 Å². The zero-order valence-electron chi connectivity index (χ0n) is 13.9. The Morgan fingerprint density at radius 2 is 1.86 bits per heavy atom. The summed E-state index contributed by atoms with van der Waals surface area (Å²) in [7, 11) is -1.22. The molecule has 2 rings (SSSR count). The fourth-order valence-corrected chi connectivity index (χ4v) is 5.05. The lowest BCUT2D eigenvalue weighted by Crippen LogP contribution is -2.57. The van der Waals surface area contributed by atoms with Crippen molar-refractivity contribution in [1.29, 1.82) is 0 Å². The first kappa shape index (κ1) is 17.2. The minimum atomic E-state index is -3.11. The van der Waals surface area contributed by atoms with Crippen molar-refractivity contribution in [2.24, 2.45) is 5.92 Å². The summed E-state index contributed by atoms with van der Waals surface area (Å²) >= 11 is 0. The van der Waals surface area contributed by atoms with E-state index in [1.54, 1.807) is 0 Å². The van der Waals surface area contributed by atoms with Crippen LogP contribution in [0, 0.1) is 5.92 Å². The van der Waals surface area contributed by atoms with Gasteiger partial charge in [0.25, 0.3) is 0 Å². The van der Waals surface area contributed by atoms with E-state index >= 15 is 0 Å². The number of sulfone groups is 1. The van der Waals surface area contributed by atoms with E-state index in [1.807, 2.05) is 20.9 Å². The Kier molecular flexibility index (Phi) is 5.06. The zero-order valence-corrected chi connectivity index (χ0v) is 14.8. The van der Waals surface area contributed by atoms with Crippen molar-refractivity contribution < 1.29 is 13.2 Å². The molecule has 0 aromatic carbocycles. The molecule has 21 heavy (non-hydrogen) atoms. The van der Waals surface area contributed by atoms with Gasteiger partial charge in [-0.2, -0.15) is 0 Å². The Morgan fingerprint density at radius 1 is 1.24 bits per heavy atom. The molecule has 2 fully saturated rings. The van der Waals surface area contributed by atoms with E-state index in [1.165, 1.54) is 25.5 Å². The van der Waals surface area contributed by atoms with Gasteiger partial charge in [-0.05, 0) is 52.5 Å². The highest BCUT2D eigenvalue weighted by Crippen LogP contribution is 2.43. The first-order valence-electron chi connectivity index (χ1n) is 8.23. The quantitative estimate of drug-likeness (QED) is 0.865. The van der Waals surface area contributed by atoms with Crippen LogP contribution in [-0.4, -0.2) is 44.7 Å². The number of hydrogen-bond donors (Lipinski definition) is 1. The van der Waals surface area contributed by atoms with Gasteiger partial charge in [-0.15, -0.1) is 0 Å². The third-order valence-electron chi connectivity index (χ3n) is 5.78. The molecule has 0 amide bonds. The topological polar surface area (TPSA) is 55.4 Å². The molecule has 0 aromatic heterocycles. The Hall–Kier alpha value is -0.130. The Bertz CT molecular complexity index is 447. The number of rotatable bonds is 4. The average molecular weight is 317 g/mol. The van der Waals surface area contributed by atoms with E-state index in [4.69, 9.17) is 4.74 Å². The predicted molar refractivity (Wildman–Crippen MR) is 86.3 cm³/mol. The molecule has 5 heteroatoms. The molecule has 2 unspecified atom stereocenters. The Morgan fingerprint density at radius 3 is 2.38 bits per heavy atom. The van der Waals surface area contributed by atoms with E-state index < -0.39 is 14.6 Å². The van der Waals surface area contributed by atoms with Gasteiger partial charge in [-0.1, -0.05) is 19.3 Å². The smallest absolute Gasteiger partial charge is 0.154 e. The first-order valence-corrected chi connectivity index (χ1v) is 10.1. The molecule has 1 aliphatic carbocycles. The highest BCUT2D eigenvalue weighted by Gasteiger charge is 2.47. The van der Waals surface area contributed by atoms with Gasteiger partial charge >= 0.3 is 0 Å². The maximum atomic E-state index is 12.2. The molecule has 4 nitrogen and oxygen atoms in total. The fraction of sp³-hybridized carbons (Fsp3) is 1.00. The lowest BCUT2D eigenvalue weighted by Gasteiger charge is -2.48. The lowest BCUT2D eigenvalue weighted by atomic mass is 9.72. The second-order valence-corrected chi connectivity index (χ2v) is 10.1. The van der Waals surface area contributed by atoms with Crippen molar-refractivity contribution >= 4 is 9.84 Å². The summed E-state index contributed by atoms with van der Waals surface area (Å²) in [6, 6.07) is -0.0183. The van der Waals surface area contributed by atoms with Gasteiger partial charge in [0.15, 0.2) is 9.84 Å². The Labute approximate surface area is 129 Å². The second kappa shape index (κ2) is 6.17. The summed E-state index contributed by atoms with van der Waals surface area (Å²) in [6.07, 6.45) is 9.37. The van der Waals surface area contributed by atoms with Crippen molar-refractivity contribution in [3.8, 4) is 0 Å². The summed E-state index contributed by atoms with van der Waals surface area (Å²) in [4.78, 5) is 0. The standard InChI is InChI=1S/C16H31NO3S/c1-15(2,21(4,18)19)14(17-3)13-8-11-20-16(12-13)9-6-5-7-10-16/h13-14,17H,5-12H2,1-4H3. The second-order valence-electron chi connectivity index (χ2n) is 7.49. The van der Waals surface area contributed by atoms with E-state index in [2.05, 4.69) is 5.32 Å². The fourth-order valence-electron chi connectivity index (χ4n) is 4.28. The molecule has 1 saturated carbocycles. The summed E-state index contributed by atoms with van der Waals surface area (Å²) in [6.45, 7) is 4.47. The van der Waals surface area contributed by atoms with Crippen LogP contribution in [-0.2, 0) is 14.6 Å². The van der Waals surface area contributed by atoms with Crippen LogP contribution in [0.4, 0.5) is 0 Å². The number of hydrogen-bond acceptors (Lipinski definition) is 4. The largest absolute Gasteiger partial charge is 0.375 e. The van der Waals surface area contributed by atoms with Crippen molar-refractivity contribution in [2.75, 3.05) is 19.9 Å². The highest BCUT2D eigenvalue weighted by molar-refractivity contribution is 7.92. The lowest BCUT2D eigenvalue weighted by molar-refractivity contribution is -0.122. The SMILES string of the molecule is CNC(C1CCOC2(CCCCC2)C1)C(C)(C)S(C)(=O)=O. The average Bonchev–Trinajstić information content (AvgIpc) is 2.39. The minimum absolute atomic E-state index is 0.0177. The molecule has 1 saturated heterocycles. The van der Waals surface area contributed by atoms with Gasteiger partial charge in [0.1, 0.15) is 0 Å². The van der Waals surface area contributed by atoms with Crippen LogP contribution in [0.1, 0.15) is 58.8 Å². The van der Waals surface area contributed by atoms with Crippen LogP contribution in [0.2, 0.25) is 0 Å². The van der Waals surface area contributed by atoms with Gasteiger partial charge < -0.3 is 10.1 Å². The predicted octanol–water partition coefficient (Wildman–Crippen LogP) is 2.53. The molecular formula is C16H31NO3S. The van der Waals surface area contributed by atoms with E-state index in [0.29, 0.717) is 5.92 Å².